The predicted octanol–water partition coefficient (Wildman–Crippen LogP) is 8.92. The van der Waals surface area contributed by atoms with Gasteiger partial charge in [-0.2, -0.15) is 9.97 Å². The van der Waals surface area contributed by atoms with Crippen LogP contribution in [-0.2, 0) is 4.74 Å². The molecule has 3 saturated heterocycles. The van der Waals surface area contributed by atoms with E-state index in [9.17, 15) is 4.39 Å². The second-order valence-corrected chi connectivity index (χ2v) is 22.7. The van der Waals surface area contributed by atoms with Gasteiger partial charge in [0.1, 0.15) is 43.7 Å². The molecule has 2 aromatic heterocycles. The molecule has 1 aliphatic carbocycles. The van der Waals surface area contributed by atoms with Gasteiger partial charge < -0.3 is 20.1 Å². The Balaban J connectivity index is 1.30. The zero-order chi connectivity index (χ0) is 39.7. The summed E-state index contributed by atoms with van der Waals surface area (Å²) in [5.41, 5.74) is 11.9. The van der Waals surface area contributed by atoms with Gasteiger partial charge in [-0.1, -0.05) is 53.5 Å². The molecule has 0 bridgehead atoms. The highest BCUT2D eigenvalue weighted by atomic mass is 28.3. The summed E-state index contributed by atoms with van der Waals surface area (Å²) in [6.45, 7) is 15.6. The first-order valence-electron chi connectivity index (χ1n) is 19.9. The highest BCUT2D eigenvalue weighted by molar-refractivity contribution is 6.90. The van der Waals surface area contributed by atoms with Crippen LogP contribution in [0.1, 0.15) is 66.4 Å². The van der Waals surface area contributed by atoms with E-state index in [4.69, 9.17) is 20.2 Å². The normalized spacial score (nSPS) is 24.6. The lowest BCUT2D eigenvalue weighted by Gasteiger charge is -2.38. The van der Waals surface area contributed by atoms with Crippen LogP contribution in [0.3, 0.4) is 0 Å². The maximum Gasteiger partial charge on any atom is 0.319 e. The number of nitrogens with two attached hydrogens (primary N) is 1. The summed E-state index contributed by atoms with van der Waals surface area (Å²) in [6, 6.07) is 5.75. The number of ether oxygens (including phenoxy) is 2. The smallest absolute Gasteiger partial charge is 0.319 e. The van der Waals surface area contributed by atoms with Crippen molar-refractivity contribution in [1.82, 2.24) is 19.9 Å². The van der Waals surface area contributed by atoms with Crippen molar-refractivity contribution in [2.45, 2.75) is 95.2 Å². The van der Waals surface area contributed by atoms with E-state index in [0.717, 1.165) is 19.4 Å². The maximum atomic E-state index is 17.4. The summed E-state index contributed by atoms with van der Waals surface area (Å²) in [5, 5.41) is 1.29. The number of alkyl halides is 1. The molecule has 2 N–H and O–H groups in total. The molecule has 1 saturated carbocycles. The van der Waals surface area contributed by atoms with E-state index in [2.05, 4.69) is 67.9 Å². The Hall–Kier alpha value is -4.25. The van der Waals surface area contributed by atoms with Crippen molar-refractivity contribution < 1.29 is 27.0 Å². The largest absolute Gasteiger partial charge is 0.461 e. The molecular weight excluding hydrogens is 737 g/mol. The summed E-state index contributed by atoms with van der Waals surface area (Å²) >= 11 is 0. The van der Waals surface area contributed by atoms with Gasteiger partial charge in [-0.3, -0.25) is 9.88 Å². The van der Waals surface area contributed by atoms with Crippen LogP contribution in [0.15, 0.2) is 42.4 Å². The Kier molecular flexibility index (Phi) is 10.1. The molecule has 296 valence electrons. The van der Waals surface area contributed by atoms with Crippen LogP contribution in [0.4, 0.5) is 29.1 Å². The van der Waals surface area contributed by atoms with Crippen molar-refractivity contribution in [2.24, 2.45) is 5.92 Å². The summed E-state index contributed by atoms with van der Waals surface area (Å²) in [4.78, 5) is 18.1. The Morgan fingerprint density at radius 1 is 1.09 bits per heavy atom. The van der Waals surface area contributed by atoms with Crippen LogP contribution in [0.5, 0.6) is 6.01 Å². The third kappa shape index (κ3) is 6.32. The number of nitrogen functional groups attached to an aromatic ring is 1. The maximum absolute atomic E-state index is 17.4. The third-order valence-electron chi connectivity index (χ3n) is 13.0. The highest BCUT2D eigenvalue weighted by Crippen LogP contribution is 2.47. The number of fused-ring (bicyclic) bond motifs is 4. The van der Waals surface area contributed by atoms with E-state index in [1.54, 1.807) is 18.2 Å². The average Bonchev–Trinajstić information content (AvgIpc) is 3.52. The minimum atomic E-state index is -2.29. The zero-order valence-electron chi connectivity index (χ0n) is 32.9. The molecule has 4 aliphatic rings. The summed E-state index contributed by atoms with van der Waals surface area (Å²) < 4.78 is 74.4. The van der Waals surface area contributed by atoms with Crippen molar-refractivity contribution >= 4 is 41.3 Å². The number of anilines is 2. The number of hydrogen-bond acceptors (Lipinski definition) is 8. The number of pyridine rings is 1. The van der Waals surface area contributed by atoms with Crippen LogP contribution in [-0.4, -0.2) is 85.1 Å². The highest BCUT2D eigenvalue weighted by Gasteiger charge is 2.56. The Morgan fingerprint density at radius 3 is 2.59 bits per heavy atom. The van der Waals surface area contributed by atoms with E-state index in [1.165, 1.54) is 12.3 Å². The van der Waals surface area contributed by atoms with Crippen molar-refractivity contribution in [1.29, 1.82) is 0 Å². The molecule has 4 aromatic rings. The number of rotatable bonds is 8. The fourth-order valence-electron chi connectivity index (χ4n) is 10.2. The fraction of sp³-hybridized carbons (Fsp3) is 0.512. The van der Waals surface area contributed by atoms with E-state index < -0.39 is 37.5 Å². The van der Waals surface area contributed by atoms with Gasteiger partial charge in [0, 0.05) is 41.8 Å². The monoisotopic (exact) mass is 786 g/mol. The SMILES string of the molecule is CC(C)[Si](C#Cc1c(F)ccc2cc(N)cc(-c3ncc4c(N5CCOC[C@H]6[C@H](F)[C@H]65)nc(OC[C@@]56CCCN5C/C(=C\F)C6)nc4c3F)c12)(C(C)C)C(C)C. The topological polar surface area (TPSA) is 89.6 Å². The molecule has 8 rings (SSSR count). The Morgan fingerprint density at radius 2 is 1.86 bits per heavy atom. The quantitative estimate of drug-likeness (QED) is 0.0821. The van der Waals surface area contributed by atoms with Crippen LogP contribution in [0.25, 0.3) is 32.9 Å². The standard InChI is InChI=1S/C43H50F4N6O2Si/c1-24(2)56(25(3)4,26(5)6)15-10-30-34(45)9-8-28-16-29(48)17-31(35(28)30)38-37(47)39-32(20-49-38)41(53-13-14-54-22-33-36(46)40(33)53)51-42(50-39)55-23-43-11-7-12-52(43)21-27(18-43)19-44/h8-9,16-17,19-20,24-26,33,36,40H,7,11-14,18,21-23,48H2,1-6H3/b27-19-/t33-,36-,40-,43-/m0/s1. The van der Waals surface area contributed by atoms with E-state index in [0.29, 0.717) is 76.9 Å². The number of aromatic nitrogens is 3. The van der Waals surface area contributed by atoms with Gasteiger partial charge in [-0.15, -0.1) is 5.54 Å². The average molecular weight is 787 g/mol. The molecule has 13 heteroatoms. The molecule has 0 amide bonds. The van der Waals surface area contributed by atoms with Crippen molar-refractivity contribution in [3.05, 3.63) is 59.6 Å². The predicted molar refractivity (Wildman–Crippen MR) is 216 cm³/mol. The Labute approximate surface area is 326 Å². The van der Waals surface area contributed by atoms with Crippen molar-refractivity contribution in [3.63, 3.8) is 0 Å². The van der Waals surface area contributed by atoms with Gasteiger partial charge in [0.25, 0.3) is 0 Å². The second-order valence-electron chi connectivity index (χ2n) is 17.1. The second kappa shape index (κ2) is 14.6. The minimum Gasteiger partial charge on any atom is -0.461 e. The number of benzene rings is 2. The van der Waals surface area contributed by atoms with Gasteiger partial charge in [-0.05, 0) is 71.6 Å². The zero-order valence-corrected chi connectivity index (χ0v) is 33.9. The molecule has 56 heavy (non-hydrogen) atoms. The molecule has 0 spiro atoms. The van der Waals surface area contributed by atoms with Crippen molar-refractivity contribution in [2.75, 3.05) is 50.1 Å². The summed E-state index contributed by atoms with van der Waals surface area (Å²) in [6.07, 6.45) is 3.31. The van der Waals surface area contributed by atoms with Gasteiger partial charge in [0.15, 0.2) is 5.82 Å². The van der Waals surface area contributed by atoms with Crippen LogP contribution >= 0.6 is 0 Å². The van der Waals surface area contributed by atoms with Crippen LogP contribution < -0.4 is 15.4 Å². The van der Waals surface area contributed by atoms with Gasteiger partial charge in [0.05, 0.1) is 42.1 Å². The van der Waals surface area contributed by atoms with Gasteiger partial charge in [-0.25, -0.2) is 17.6 Å². The van der Waals surface area contributed by atoms with Gasteiger partial charge in [0.2, 0.25) is 0 Å². The number of hydrogen-bond donors (Lipinski definition) is 1. The lowest BCUT2D eigenvalue weighted by atomic mass is 9.94. The summed E-state index contributed by atoms with van der Waals surface area (Å²) in [7, 11) is -2.29. The molecule has 0 radical (unpaired) electrons. The molecule has 0 unspecified atom stereocenters. The fourth-order valence-corrected chi connectivity index (χ4v) is 15.4. The van der Waals surface area contributed by atoms with E-state index in [1.807, 2.05) is 4.90 Å². The van der Waals surface area contributed by atoms with Crippen LogP contribution in [0, 0.1) is 29.0 Å². The number of nitrogens with zero attached hydrogens (tertiary/aromatic N) is 5. The summed E-state index contributed by atoms with van der Waals surface area (Å²) in [5.74, 6) is 1.96. The van der Waals surface area contributed by atoms with E-state index >= 15 is 13.2 Å². The molecule has 4 fully saturated rings. The minimum absolute atomic E-state index is 0.0743. The van der Waals surface area contributed by atoms with Crippen LogP contribution in [0.2, 0.25) is 16.6 Å². The molecule has 2 aromatic carbocycles. The lowest BCUT2D eigenvalue weighted by Crippen LogP contribution is -2.43. The van der Waals surface area contributed by atoms with E-state index in [-0.39, 0.29) is 52.9 Å². The molecule has 4 atom stereocenters. The lowest BCUT2D eigenvalue weighted by molar-refractivity contribution is 0.108. The third-order valence-corrected chi connectivity index (χ3v) is 19.3. The molecule has 5 heterocycles. The molecule has 8 nitrogen and oxygen atoms in total. The first-order chi connectivity index (χ1) is 26.8. The number of halogens is 4. The Bertz CT molecular complexity index is 2270. The first-order valence-corrected chi connectivity index (χ1v) is 22.1. The first kappa shape index (κ1) is 38.6. The molecular formula is C43H50F4N6O2Si. The van der Waals surface area contributed by atoms with Gasteiger partial charge >= 0.3 is 6.01 Å². The molecule has 3 aliphatic heterocycles. The van der Waals surface area contributed by atoms with Crippen molar-refractivity contribution in [3.8, 4) is 28.7 Å².